The number of hydrogen-bond acceptors (Lipinski definition) is 8. The van der Waals surface area contributed by atoms with Crippen LogP contribution in [0.2, 0.25) is 0 Å². The smallest absolute Gasteiger partial charge is 0.252 e. The second kappa shape index (κ2) is 12.4. The summed E-state index contributed by atoms with van der Waals surface area (Å²) in [5.41, 5.74) is 2.22. The van der Waals surface area contributed by atoms with Crippen molar-refractivity contribution in [3.05, 3.63) is 72.6 Å². The van der Waals surface area contributed by atoms with E-state index < -0.39 is 36.8 Å². The number of aromatic nitrogens is 6. The Labute approximate surface area is 258 Å². The normalized spacial score (nSPS) is 26.9. The molecule has 2 aromatic heterocycles. The van der Waals surface area contributed by atoms with E-state index in [2.05, 4.69) is 20.6 Å². The zero-order valence-corrected chi connectivity index (χ0v) is 24.6. The Balaban J connectivity index is 1.09. The van der Waals surface area contributed by atoms with Crippen LogP contribution in [0.1, 0.15) is 57.0 Å². The average molecular weight is 620 g/mol. The highest BCUT2D eigenvalue weighted by atomic mass is 19.1. The molecule has 11 nitrogen and oxygen atoms in total. The van der Waals surface area contributed by atoms with E-state index in [-0.39, 0.29) is 36.3 Å². The summed E-state index contributed by atoms with van der Waals surface area (Å²) in [4.78, 5) is 16.2. The van der Waals surface area contributed by atoms with Crippen molar-refractivity contribution in [2.24, 2.45) is 0 Å². The van der Waals surface area contributed by atoms with E-state index in [9.17, 15) is 23.8 Å². The van der Waals surface area contributed by atoms with Gasteiger partial charge in [0.1, 0.15) is 41.3 Å². The minimum Gasteiger partial charge on any atom is -0.394 e. The number of benzene rings is 2. The van der Waals surface area contributed by atoms with Crippen molar-refractivity contribution in [1.82, 2.24) is 34.9 Å². The Hall–Kier alpha value is -4.07. The van der Waals surface area contributed by atoms with Crippen LogP contribution >= 0.6 is 0 Å². The molecule has 0 spiro atoms. The highest BCUT2D eigenvalue weighted by Gasteiger charge is 2.47. The summed E-state index contributed by atoms with van der Waals surface area (Å²) in [5, 5.41) is 38.2. The zero-order chi connectivity index (χ0) is 31.1. The SMILES string of the molecule is O=C(C1CC(n2cc(-c3cccc(F)c3)nn2)C(O)C(CO)O1)N(C1CC1)C1CCCC(n2cc(-c3cccc(F)c3)nn2)C1. The Morgan fingerprint density at radius 2 is 1.53 bits per heavy atom. The van der Waals surface area contributed by atoms with E-state index in [0.29, 0.717) is 28.9 Å². The van der Waals surface area contributed by atoms with E-state index in [1.807, 2.05) is 15.8 Å². The van der Waals surface area contributed by atoms with E-state index in [1.54, 1.807) is 30.5 Å². The average Bonchev–Trinajstić information content (AvgIpc) is 3.53. The fraction of sp³-hybridized carbons (Fsp3) is 0.469. The molecular weight excluding hydrogens is 584 g/mol. The quantitative estimate of drug-likeness (QED) is 0.305. The first-order chi connectivity index (χ1) is 21.9. The molecule has 236 valence electrons. The molecular formula is C32H35F2N7O4. The second-order valence-corrected chi connectivity index (χ2v) is 12.3. The van der Waals surface area contributed by atoms with Gasteiger partial charge < -0.3 is 19.8 Å². The first kappa shape index (κ1) is 29.6. The molecule has 3 heterocycles. The summed E-state index contributed by atoms with van der Waals surface area (Å²) in [7, 11) is 0. The van der Waals surface area contributed by atoms with E-state index in [4.69, 9.17) is 4.74 Å². The van der Waals surface area contributed by atoms with Crippen LogP contribution in [0.15, 0.2) is 60.9 Å². The molecule has 3 aliphatic rings. The lowest BCUT2D eigenvalue weighted by Gasteiger charge is -2.43. The maximum atomic E-state index is 14.2. The van der Waals surface area contributed by atoms with E-state index in [1.165, 1.54) is 28.9 Å². The minimum atomic E-state index is -1.13. The number of hydrogen-bond donors (Lipinski definition) is 2. The molecule has 3 fully saturated rings. The number of carbonyl (C=O) groups is 1. The molecule has 13 heteroatoms. The van der Waals surface area contributed by atoms with Crippen molar-refractivity contribution in [3.8, 4) is 22.5 Å². The van der Waals surface area contributed by atoms with Crippen molar-refractivity contribution >= 4 is 5.91 Å². The standard InChI is InChI=1S/C32H35F2N7O4/c33-21-6-1-4-19(12-21)26-16-39(37-35-26)24-8-3-9-25(14-24)41(23-10-11-23)32(44)29-15-28(31(43)30(18-42)45-29)40-17-27(36-38-40)20-5-2-7-22(34)13-20/h1-2,4-7,12-13,16-17,23-25,28-31,42-43H,3,8-11,14-15,18H2. The van der Waals surface area contributed by atoms with Gasteiger partial charge in [-0.1, -0.05) is 34.7 Å². The predicted octanol–water partition coefficient (Wildman–Crippen LogP) is 3.71. The zero-order valence-electron chi connectivity index (χ0n) is 24.6. The molecule has 2 saturated carbocycles. The first-order valence-electron chi connectivity index (χ1n) is 15.5. The number of halogens is 2. The maximum Gasteiger partial charge on any atom is 0.252 e. The molecule has 1 aliphatic heterocycles. The predicted molar refractivity (Wildman–Crippen MR) is 157 cm³/mol. The van der Waals surface area contributed by atoms with Crippen molar-refractivity contribution in [2.75, 3.05) is 6.61 Å². The summed E-state index contributed by atoms with van der Waals surface area (Å²) in [6, 6.07) is 11.7. The molecule has 6 atom stereocenters. The molecule has 1 saturated heterocycles. The molecule has 2 aromatic carbocycles. The van der Waals surface area contributed by atoms with Crippen LogP contribution in [0.5, 0.6) is 0 Å². The molecule has 6 unspecified atom stereocenters. The lowest BCUT2D eigenvalue weighted by atomic mass is 9.88. The van der Waals surface area contributed by atoms with Crippen molar-refractivity contribution in [3.63, 3.8) is 0 Å². The van der Waals surface area contributed by atoms with Crippen LogP contribution in [-0.2, 0) is 9.53 Å². The lowest BCUT2D eigenvalue weighted by Crippen LogP contribution is -2.55. The van der Waals surface area contributed by atoms with Gasteiger partial charge in [-0.3, -0.25) is 4.79 Å². The minimum absolute atomic E-state index is 0.0241. The number of carbonyl (C=O) groups excluding carboxylic acids is 1. The van der Waals surface area contributed by atoms with Crippen LogP contribution < -0.4 is 0 Å². The maximum absolute atomic E-state index is 14.2. The van der Waals surface area contributed by atoms with Crippen LogP contribution in [-0.4, -0.2) is 88.0 Å². The topological polar surface area (TPSA) is 131 Å². The van der Waals surface area contributed by atoms with Crippen LogP contribution in [0, 0.1) is 11.6 Å². The van der Waals surface area contributed by atoms with E-state index in [0.717, 1.165) is 32.1 Å². The molecule has 2 N–H and O–H groups in total. The molecule has 4 aromatic rings. The number of rotatable bonds is 8. The monoisotopic (exact) mass is 619 g/mol. The third-order valence-corrected chi connectivity index (χ3v) is 9.21. The molecule has 0 radical (unpaired) electrons. The Morgan fingerprint density at radius 1 is 0.889 bits per heavy atom. The Kier molecular flexibility index (Phi) is 8.15. The van der Waals surface area contributed by atoms with Gasteiger partial charge in [0.05, 0.1) is 31.1 Å². The van der Waals surface area contributed by atoms with Crippen molar-refractivity contribution < 1.29 is 28.5 Å². The Bertz CT molecular complexity index is 1660. The number of nitrogens with zero attached hydrogens (tertiary/aromatic N) is 7. The summed E-state index contributed by atoms with van der Waals surface area (Å²) in [6.07, 6.45) is 5.70. The fourth-order valence-electron chi connectivity index (χ4n) is 6.79. The number of aliphatic hydroxyl groups excluding tert-OH is 2. The van der Waals surface area contributed by atoms with Gasteiger partial charge in [-0.25, -0.2) is 18.1 Å². The van der Waals surface area contributed by atoms with Crippen LogP contribution in [0.4, 0.5) is 8.78 Å². The van der Waals surface area contributed by atoms with Gasteiger partial charge in [0.25, 0.3) is 5.91 Å². The van der Waals surface area contributed by atoms with Crippen LogP contribution in [0.25, 0.3) is 22.5 Å². The second-order valence-electron chi connectivity index (χ2n) is 12.3. The summed E-state index contributed by atoms with van der Waals surface area (Å²) in [5.74, 6) is -0.902. The van der Waals surface area contributed by atoms with Crippen molar-refractivity contribution in [2.45, 2.75) is 87.4 Å². The van der Waals surface area contributed by atoms with Crippen molar-refractivity contribution in [1.29, 1.82) is 0 Å². The molecule has 2 aliphatic carbocycles. The summed E-state index contributed by atoms with van der Waals surface area (Å²) >= 11 is 0. The van der Waals surface area contributed by atoms with Gasteiger partial charge in [-0.15, -0.1) is 10.2 Å². The van der Waals surface area contributed by atoms with Gasteiger partial charge in [0.2, 0.25) is 0 Å². The summed E-state index contributed by atoms with van der Waals surface area (Å²) in [6.45, 7) is -0.470. The molecule has 0 bridgehead atoms. The third kappa shape index (κ3) is 6.11. The number of amides is 1. The fourth-order valence-corrected chi connectivity index (χ4v) is 6.79. The van der Waals surface area contributed by atoms with Gasteiger partial charge in [-0.05, 0) is 62.8 Å². The summed E-state index contributed by atoms with van der Waals surface area (Å²) < 4.78 is 36.9. The number of ether oxygens (including phenoxy) is 1. The highest BCUT2D eigenvalue weighted by molar-refractivity contribution is 5.82. The largest absolute Gasteiger partial charge is 0.394 e. The van der Waals surface area contributed by atoms with E-state index >= 15 is 0 Å². The third-order valence-electron chi connectivity index (χ3n) is 9.21. The van der Waals surface area contributed by atoms with Gasteiger partial charge in [0, 0.05) is 29.6 Å². The van der Waals surface area contributed by atoms with Gasteiger partial charge >= 0.3 is 0 Å². The van der Waals surface area contributed by atoms with Crippen LogP contribution in [0.3, 0.4) is 0 Å². The molecule has 45 heavy (non-hydrogen) atoms. The molecule has 1 amide bonds. The number of aliphatic hydroxyl groups is 2. The highest BCUT2D eigenvalue weighted by Crippen LogP contribution is 2.40. The first-order valence-corrected chi connectivity index (χ1v) is 15.5. The van der Waals surface area contributed by atoms with Gasteiger partial charge in [-0.2, -0.15) is 0 Å². The molecule has 7 rings (SSSR count). The Morgan fingerprint density at radius 3 is 2.16 bits per heavy atom. The van der Waals surface area contributed by atoms with Gasteiger partial charge in [0.15, 0.2) is 0 Å². The lowest BCUT2D eigenvalue weighted by molar-refractivity contribution is -0.181.